The smallest absolute Gasteiger partial charge is 0.318 e. The van der Waals surface area contributed by atoms with Gasteiger partial charge in [0.25, 0.3) is 0 Å². The highest BCUT2D eigenvalue weighted by molar-refractivity contribution is 7.23. The second-order valence-electron chi connectivity index (χ2n) is 11.8. The van der Waals surface area contributed by atoms with Crippen LogP contribution in [0.3, 0.4) is 0 Å². The molecule has 7 rings (SSSR count). The summed E-state index contributed by atoms with van der Waals surface area (Å²) in [5.41, 5.74) is 6.89. The van der Waals surface area contributed by atoms with Gasteiger partial charge >= 0.3 is 6.01 Å². The zero-order valence-corrected chi connectivity index (χ0v) is 24.2. The van der Waals surface area contributed by atoms with Gasteiger partial charge in [-0.3, -0.25) is 9.88 Å². The Kier molecular flexibility index (Phi) is 6.25. The predicted molar refractivity (Wildman–Crippen MR) is 154 cm³/mol. The van der Waals surface area contributed by atoms with E-state index in [0.29, 0.717) is 23.3 Å². The van der Waals surface area contributed by atoms with Crippen molar-refractivity contribution in [3.05, 3.63) is 34.5 Å². The van der Waals surface area contributed by atoms with E-state index in [4.69, 9.17) is 20.2 Å². The number of aromatic nitrogens is 3. The summed E-state index contributed by atoms with van der Waals surface area (Å²) in [6.07, 6.45) is 2.90. The first kappa shape index (κ1) is 27.2. The predicted octanol–water partition coefficient (Wildman–Crippen LogP) is 4.10. The monoisotopic (exact) mass is 593 g/mol. The second kappa shape index (κ2) is 9.67. The van der Waals surface area contributed by atoms with Crippen molar-refractivity contribution < 1.29 is 23.4 Å². The topological polar surface area (TPSA) is 134 Å². The van der Waals surface area contributed by atoms with Gasteiger partial charge in [-0.05, 0) is 37.8 Å². The Morgan fingerprint density at radius 3 is 2.57 bits per heavy atom. The number of thiophene rings is 1. The van der Waals surface area contributed by atoms with Gasteiger partial charge in [-0.1, -0.05) is 0 Å². The van der Waals surface area contributed by atoms with E-state index in [9.17, 15) is 14.8 Å². The quantitative estimate of drug-likeness (QED) is 0.348. The Hall–Kier alpha value is -3.70. The standard InChI is InChI=1S/C29H29F2N7O3S/c1-29(2,39)12-37-8-13-4-5-14(9-37)38(13)27-21-17-11-41-10-16(17)19(22(31)24(21)35-28(36-27)40-3)23-20-15(6-32)26(33)42-25(20)18(30)7-34-23/h7,13-14,39H,4-5,8-12,33H2,1-3H3. The highest BCUT2D eigenvalue weighted by Crippen LogP contribution is 2.48. The minimum absolute atomic E-state index is 0.0224. The lowest BCUT2D eigenvalue weighted by atomic mass is 9.93. The molecular formula is C29H29F2N7O3S. The summed E-state index contributed by atoms with van der Waals surface area (Å²) >= 11 is 0.934. The molecule has 3 aromatic heterocycles. The molecule has 0 radical (unpaired) electrons. The number of hydrogen-bond acceptors (Lipinski definition) is 11. The zero-order valence-electron chi connectivity index (χ0n) is 23.4. The first-order valence-electron chi connectivity index (χ1n) is 13.8. The molecule has 2 saturated heterocycles. The molecule has 2 unspecified atom stereocenters. The van der Waals surface area contributed by atoms with Crippen molar-refractivity contribution in [1.82, 2.24) is 19.9 Å². The number of β-amino-alcohol motifs (C(OH)–C–C–N with tert-alkyl or cyclic N) is 1. The third kappa shape index (κ3) is 4.08. The molecule has 42 heavy (non-hydrogen) atoms. The van der Waals surface area contributed by atoms with E-state index < -0.39 is 17.2 Å². The van der Waals surface area contributed by atoms with E-state index in [-0.39, 0.29) is 68.7 Å². The van der Waals surface area contributed by atoms with Gasteiger partial charge in [0.05, 0.1) is 53.5 Å². The highest BCUT2D eigenvalue weighted by Gasteiger charge is 2.43. The SMILES string of the molecule is COc1nc(N2C3CCC2CN(CC(C)(C)O)C3)c2c3c(c(-c4ncc(F)c5sc(N)c(C#N)c45)c(F)c2n1)COC3. The van der Waals surface area contributed by atoms with Gasteiger partial charge in [-0.2, -0.15) is 15.2 Å². The van der Waals surface area contributed by atoms with Crippen LogP contribution in [0.5, 0.6) is 6.01 Å². The molecule has 0 saturated carbocycles. The molecule has 2 bridgehead atoms. The molecule has 0 spiro atoms. The van der Waals surface area contributed by atoms with E-state index in [1.165, 1.54) is 7.11 Å². The van der Waals surface area contributed by atoms with Crippen LogP contribution in [0.1, 0.15) is 43.4 Å². The van der Waals surface area contributed by atoms with Gasteiger partial charge in [0.1, 0.15) is 22.4 Å². The first-order valence-corrected chi connectivity index (χ1v) is 14.6. The van der Waals surface area contributed by atoms with Gasteiger partial charge < -0.3 is 25.2 Å². The van der Waals surface area contributed by atoms with Crippen LogP contribution in [0, 0.1) is 23.0 Å². The summed E-state index contributed by atoms with van der Waals surface area (Å²) in [5.74, 6) is -0.709. The summed E-state index contributed by atoms with van der Waals surface area (Å²) in [5, 5.41) is 21.1. The van der Waals surface area contributed by atoms with Crippen molar-refractivity contribution in [3.8, 4) is 23.3 Å². The fourth-order valence-electron chi connectivity index (χ4n) is 6.92. The molecule has 6 heterocycles. The number of halogens is 2. The number of nitriles is 1. The van der Waals surface area contributed by atoms with Crippen LogP contribution in [-0.2, 0) is 18.0 Å². The van der Waals surface area contributed by atoms with Gasteiger partial charge in [0.15, 0.2) is 11.6 Å². The number of pyridine rings is 1. The fraction of sp³-hybridized carbons (Fsp3) is 0.448. The van der Waals surface area contributed by atoms with Crippen LogP contribution in [-0.4, -0.2) is 69.4 Å². The lowest BCUT2D eigenvalue weighted by Gasteiger charge is -2.43. The number of methoxy groups -OCH3 is 1. The Bertz CT molecular complexity index is 1800. The number of nitrogen functional groups attached to an aromatic ring is 1. The van der Waals surface area contributed by atoms with E-state index >= 15 is 4.39 Å². The Morgan fingerprint density at radius 2 is 1.90 bits per heavy atom. The molecule has 4 aromatic rings. The molecule has 2 fully saturated rings. The third-order valence-electron chi connectivity index (χ3n) is 8.40. The van der Waals surface area contributed by atoms with E-state index in [1.807, 2.05) is 19.9 Å². The van der Waals surface area contributed by atoms with Crippen molar-refractivity contribution in [1.29, 1.82) is 5.26 Å². The normalized spacial score (nSPS) is 20.5. The number of nitrogens with two attached hydrogens (primary N) is 1. The largest absolute Gasteiger partial charge is 0.467 e. The average molecular weight is 594 g/mol. The summed E-state index contributed by atoms with van der Waals surface area (Å²) in [7, 11) is 1.44. The lowest BCUT2D eigenvalue weighted by molar-refractivity contribution is 0.0292. The van der Waals surface area contributed by atoms with E-state index in [2.05, 4.69) is 19.8 Å². The molecule has 2 atom stereocenters. The van der Waals surface area contributed by atoms with Gasteiger partial charge in [0.2, 0.25) is 0 Å². The minimum atomic E-state index is -0.817. The Morgan fingerprint density at radius 1 is 1.19 bits per heavy atom. The molecule has 0 aliphatic carbocycles. The molecular weight excluding hydrogens is 564 g/mol. The summed E-state index contributed by atoms with van der Waals surface area (Å²) in [6, 6.07) is 2.28. The zero-order chi connectivity index (χ0) is 29.5. The molecule has 13 heteroatoms. The number of rotatable bonds is 5. The second-order valence-corrected chi connectivity index (χ2v) is 12.9. The minimum Gasteiger partial charge on any atom is -0.467 e. The lowest BCUT2D eigenvalue weighted by Crippen LogP contribution is -2.56. The number of fused-ring (bicyclic) bond motifs is 6. The van der Waals surface area contributed by atoms with Crippen molar-refractivity contribution in [2.45, 2.75) is 57.6 Å². The Labute approximate surface area is 244 Å². The van der Waals surface area contributed by atoms with Crippen molar-refractivity contribution in [2.75, 3.05) is 37.4 Å². The molecule has 218 valence electrons. The molecule has 3 aliphatic heterocycles. The number of likely N-dealkylation sites (tertiary alicyclic amines) is 1. The molecule has 0 amide bonds. The van der Waals surface area contributed by atoms with Crippen LogP contribution < -0.4 is 15.4 Å². The summed E-state index contributed by atoms with van der Waals surface area (Å²) in [6.45, 7) is 5.96. The number of nitrogens with zero attached hydrogens (tertiary/aromatic N) is 6. The maximum atomic E-state index is 16.9. The van der Waals surface area contributed by atoms with Gasteiger partial charge in [-0.25, -0.2) is 8.78 Å². The van der Waals surface area contributed by atoms with Crippen molar-refractivity contribution >= 4 is 43.1 Å². The summed E-state index contributed by atoms with van der Waals surface area (Å²) in [4.78, 5) is 18.1. The highest BCUT2D eigenvalue weighted by atomic mass is 32.1. The molecule has 3 aliphatic rings. The number of anilines is 2. The number of hydrogen-bond donors (Lipinski definition) is 2. The Balaban J connectivity index is 1.46. The van der Waals surface area contributed by atoms with E-state index in [0.717, 1.165) is 49.0 Å². The maximum absolute atomic E-state index is 16.9. The van der Waals surface area contributed by atoms with Crippen LogP contribution in [0.15, 0.2) is 6.20 Å². The van der Waals surface area contributed by atoms with Crippen molar-refractivity contribution in [2.24, 2.45) is 0 Å². The van der Waals surface area contributed by atoms with Gasteiger partial charge in [-0.15, -0.1) is 11.3 Å². The number of aliphatic hydroxyl groups is 1. The maximum Gasteiger partial charge on any atom is 0.318 e. The molecule has 1 aromatic carbocycles. The average Bonchev–Trinajstić information content (AvgIpc) is 3.62. The van der Waals surface area contributed by atoms with Crippen molar-refractivity contribution in [3.63, 3.8) is 0 Å². The first-order chi connectivity index (χ1) is 20.1. The number of ether oxygens (including phenoxy) is 2. The van der Waals surface area contributed by atoms with Crippen LogP contribution in [0.4, 0.5) is 19.6 Å². The molecule has 10 nitrogen and oxygen atoms in total. The molecule has 3 N–H and O–H groups in total. The van der Waals surface area contributed by atoms with E-state index in [1.54, 1.807) is 0 Å². The summed E-state index contributed by atoms with van der Waals surface area (Å²) < 4.78 is 43.2. The van der Waals surface area contributed by atoms with Crippen LogP contribution in [0.25, 0.3) is 32.2 Å². The van der Waals surface area contributed by atoms with Crippen LogP contribution in [0.2, 0.25) is 0 Å². The number of piperazine rings is 1. The van der Waals surface area contributed by atoms with Crippen LogP contribution >= 0.6 is 11.3 Å². The number of benzene rings is 1. The third-order valence-corrected chi connectivity index (χ3v) is 9.43. The van der Waals surface area contributed by atoms with Gasteiger partial charge in [0, 0.05) is 42.7 Å². The fourth-order valence-corrected chi connectivity index (χ4v) is 7.84.